The summed E-state index contributed by atoms with van der Waals surface area (Å²) in [5.41, 5.74) is 0.967. The van der Waals surface area contributed by atoms with E-state index in [1.807, 2.05) is 0 Å². The molecule has 8 nitrogen and oxygen atoms in total. The number of non-ortho nitro benzene ring substituents is 1. The van der Waals surface area contributed by atoms with Gasteiger partial charge in [-0.25, -0.2) is 4.39 Å². The van der Waals surface area contributed by atoms with Crippen molar-refractivity contribution in [2.75, 3.05) is 6.54 Å². The van der Waals surface area contributed by atoms with Crippen LogP contribution in [0.25, 0.3) is 6.08 Å². The van der Waals surface area contributed by atoms with Gasteiger partial charge in [-0.15, -0.1) is 0 Å². The molecule has 0 atom stereocenters. The van der Waals surface area contributed by atoms with Crippen molar-refractivity contribution < 1.29 is 28.4 Å². The highest BCUT2D eigenvalue weighted by molar-refractivity contribution is 8.18. The van der Waals surface area contributed by atoms with E-state index in [9.17, 15) is 28.9 Å². The average Bonchev–Trinajstić information content (AvgIpc) is 3.11. The first-order valence-electron chi connectivity index (χ1n) is 10.3. The van der Waals surface area contributed by atoms with E-state index >= 15 is 0 Å². The van der Waals surface area contributed by atoms with E-state index in [4.69, 9.17) is 4.74 Å². The predicted molar refractivity (Wildman–Crippen MR) is 127 cm³/mol. The second-order valence-electron chi connectivity index (χ2n) is 7.45. The maximum Gasteiger partial charge on any atom is 0.293 e. The van der Waals surface area contributed by atoms with Crippen molar-refractivity contribution in [2.24, 2.45) is 0 Å². The van der Waals surface area contributed by atoms with Crippen LogP contribution in [-0.2, 0) is 11.4 Å². The van der Waals surface area contributed by atoms with Crippen LogP contribution in [0.1, 0.15) is 21.5 Å². The lowest BCUT2D eigenvalue weighted by molar-refractivity contribution is -0.384. The fourth-order valence-electron chi connectivity index (χ4n) is 3.26. The van der Waals surface area contributed by atoms with E-state index in [1.165, 1.54) is 36.4 Å². The molecule has 0 unspecified atom stereocenters. The maximum atomic E-state index is 13.8. The van der Waals surface area contributed by atoms with Gasteiger partial charge in [0.2, 0.25) is 0 Å². The van der Waals surface area contributed by atoms with E-state index in [0.717, 1.165) is 4.90 Å². The van der Waals surface area contributed by atoms with E-state index in [0.29, 0.717) is 28.6 Å². The third kappa shape index (κ3) is 5.61. The molecule has 0 saturated carbocycles. The van der Waals surface area contributed by atoms with Gasteiger partial charge in [0.25, 0.3) is 16.8 Å². The number of imide groups is 1. The SMILES string of the molecule is O=C(CN1C(=O)S/C(=C/c2cccc(OCc3ccccc3F)c2)C1=O)c1ccc([N+](=O)[O-])cc1. The number of carbonyl (C=O) groups is 3. The monoisotopic (exact) mass is 492 g/mol. The smallest absolute Gasteiger partial charge is 0.293 e. The Labute approximate surface area is 203 Å². The van der Waals surface area contributed by atoms with Gasteiger partial charge in [-0.05, 0) is 53.7 Å². The zero-order valence-corrected chi connectivity index (χ0v) is 18.9. The Hall–Kier alpha value is -4.31. The summed E-state index contributed by atoms with van der Waals surface area (Å²) in [6.07, 6.45) is 1.51. The minimum absolute atomic E-state index is 0.0252. The summed E-state index contributed by atoms with van der Waals surface area (Å²) in [4.78, 5) is 48.8. The van der Waals surface area contributed by atoms with E-state index in [-0.39, 0.29) is 28.6 Å². The van der Waals surface area contributed by atoms with Crippen molar-refractivity contribution in [3.8, 4) is 5.75 Å². The van der Waals surface area contributed by atoms with Gasteiger partial charge in [-0.2, -0.15) is 0 Å². The summed E-state index contributed by atoms with van der Waals surface area (Å²) >= 11 is 0.705. The van der Waals surface area contributed by atoms with Crippen LogP contribution in [0.15, 0.2) is 77.7 Å². The molecule has 4 rings (SSSR count). The second-order valence-corrected chi connectivity index (χ2v) is 8.44. The summed E-state index contributed by atoms with van der Waals surface area (Å²) in [7, 11) is 0. The lowest BCUT2D eigenvalue weighted by Gasteiger charge is -2.11. The number of hydrogen-bond acceptors (Lipinski definition) is 7. The highest BCUT2D eigenvalue weighted by Gasteiger charge is 2.36. The van der Waals surface area contributed by atoms with E-state index in [1.54, 1.807) is 42.5 Å². The van der Waals surface area contributed by atoms with Crippen LogP contribution in [0, 0.1) is 15.9 Å². The Balaban J connectivity index is 1.43. The number of benzene rings is 3. The molecule has 0 radical (unpaired) electrons. The topological polar surface area (TPSA) is 107 Å². The zero-order chi connectivity index (χ0) is 24.9. The molecule has 3 aromatic rings. The van der Waals surface area contributed by atoms with Gasteiger partial charge >= 0.3 is 0 Å². The lowest BCUT2D eigenvalue weighted by atomic mass is 10.1. The maximum absolute atomic E-state index is 13.8. The largest absolute Gasteiger partial charge is 0.489 e. The fraction of sp³-hybridized carbons (Fsp3) is 0.0800. The summed E-state index contributed by atoms with van der Waals surface area (Å²) in [5.74, 6) is -1.06. The highest BCUT2D eigenvalue weighted by Crippen LogP contribution is 2.33. The number of hydrogen-bond donors (Lipinski definition) is 0. The minimum atomic E-state index is -0.618. The molecule has 3 aromatic carbocycles. The fourth-order valence-corrected chi connectivity index (χ4v) is 4.10. The molecule has 1 fully saturated rings. The van der Waals surface area contributed by atoms with Crippen molar-refractivity contribution in [3.63, 3.8) is 0 Å². The first-order chi connectivity index (χ1) is 16.8. The first kappa shape index (κ1) is 23.8. The van der Waals surface area contributed by atoms with E-state index < -0.39 is 28.4 Å². The summed E-state index contributed by atoms with van der Waals surface area (Å²) in [6.45, 7) is -0.455. The summed E-state index contributed by atoms with van der Waals surface area (Å²) in [6, 6.07) is 17.9. The van der Waals surface area contributed by atoms with Crippen molar-refractivity contribution in [1.82, 2.24) is 4.90 Å². The molecule has 0 aromatic heterocycles. The molecule has 2 amide bonds. The van der Waals surface area contributed by atoms with Crippen molar-refractivity contribution >= 4 is 40.5 Å². The number of ether oxygens (including phenoxy) is 1. The molecule has 0 N–H and O–H groups in total. The number of amides is 2. The third-order valence-electron chi connectivity index (χ3n) is 5.08. The van der Waals surface area contributed by atoms with Crippen molar-refractivity contribution in [3.05, 3.63) is 110 Å². The minimum Gasteiger partial charge on any atom is -0.489 e. The van der Waals surface area contributed by atoms with Gasteiger partial charge in [-0.1, -0.05) is 30.3 Å². The number of nitro groups is 1. The Morgan fingerprint density at radius 3 is 2.51 bits per heavy atom. The Kier molecular flexibility index (Phi) is 7.02. The second kappa shape index (κ2) is 10.3. The van der Waals surface area contributed by atoms with Crippen LogP contribution in [0.2, 0.25) is 0 Å². The Morgan fingerprint density at radius 2 is 1.80 bits per heavy atom. The molecule has 1 aliphatic rings. The number of carbonyl (C=O) groups excluding carboxylic acids is 3. The number of Topliss-reactive ketones (excluding diaryl/α,β-unsaturated/α-hetero) is 1. The molecular weight excluding hydrogens is 475 g/mol. The quantitative estimate of drug-likeness (QED) is 0.183. The van der Waals surface area contributed by atoms with Crippen LogP contribution in [-0.4, -0.2) is 33.3 Å². The molecule has 1 heterocycles. The van der Waals surface area contributed by atoms with Gasteiger partial charge in [0.05, 0.1) is 16.4 Å². The number of ketones is 1. The molecular formula is C25H17FN2O6S. The standard InChI is InChI=1S/C25H17FN2O6S/c26-21-7-2-1-5-18(21)15-34-20-6-3-4-16(12-20)13-23-24(30)27(25(31)35-23)14-22(29)17-8-10-19(11-9-17)28(32)33/h1-13H,14-15H2/b23-13+. The predicted octanol–water partition coefficient (Wildman–Crippen LogP) is 5.23. The summed E-state index contributed by atoms with van der Waals surface area (Å²) < 4.78 is 19.4. The van der Waals surface area contributed by atoms with E-state index in [2.05, 4.69) is 0 Å². The van der Waals surface area contributed by atoms with Crippen molar-refractivity contribution in [1.29, 1.82) is 0 Å². The normalized spacial score (nSPS) is 14.4. The molecule has 0 bridgehead atoms. The molecule has 1 saturated heterocycles. The molecule has 176 valence electrons. The number of nitro benzene ring substituents is 1. The van der Waals surface area contributed by atoms with Crippen LogP contribution < -0.4 is 4.74 Å². The highest BCUT2D eigenvalue weighted by atomic mass is 32.2. The first-order valence-corrected chi connectivity index (χ1v) is 11.1. The Morgan fingerprint density at radius 1 is 1.06 bits per heavy atom. The zero-order valence-electron chi connectivity index (χ0n) is 18.0. The number of halogens is 1. The molecule has 0 aliphatic carbocycles. The van der Waals surface area contributed by atoms with Crippen LogP contribution >= 0.6 is 11.8 Å². The Bertz CT molecular complexity index is 1360. The van der Waals surface area contributed by atoms with Crippen LogP contribution in [0.5, 0.6) is 5.75 Å². The number of thioether (sulfide) groups is 1. The number of nitrogens with zero attached hydrogens (tertiary/aromatic N) is 2. The molecule has 0 spiro atoms. The average molecular weight is 492 g/mol. The van der Waals surface area contributed by atoms with Gasteiger partial charge < -0.3 is 4.74 Å². The third-order valence-corrected chi connectivity index (χ3v) is 5.99. The van der Waals surface area contributed by atoms with Gasteiger partial charge in [0.1, 0.15) is 18.2 Å². The molecule has 10 heteroatoms. The molecule has 1 aliphatic heterocycles. The molecule has 35 heavy (non-hydrogen) atoms. The summed E-state index contributed by atoms with van der Waals surface area (Å²) in [5, 5.41) is 10.2. The van der Waals surface area contributed by atoms with Crippen LogP contribution in [0.4, 0.5) is 14.9 Å². The van der Waals surface area contributed by atoms with Gasteiger partial charge in [0, 0.05) is 23.3 Å². The van der Waals surface area contributed by atoms with Crippen LogP contribution in [0.3, 0.4) is 0 Å². The van der Waals surface area contributed by atoms with Crippen molar-refractivity contribution in [2.45, 2.75) is 6.61 Å². The lowest BCUT2D eigenvalue weighted by Crippen LogP contribution is -2.33. The van der Waals surface area contributed by atoms with Gasteiger partial charge in [-0.3, -0.25) is 29.4 Å². The van der Waals surface area contributed by atoms with Gasteiger partial charge in [0.15, 0.2) is 5.78 Å². The number of rotatable bonds is 8.